The molecule has 1 unspecified atom stereocenters. The van der Waals surface area contributed by atoms with Gasteiger partial charge in [-0.05, 0) is 87.1 Å². The molecule has 6 rings (SSSR count). The molecular formula is C25H34N2O3. The van der Waals surface area contributed by atoms with E-state index >= 15 is 0 Å². The molecule has 4 atom stereocenters. The molecule has 30 heavy (non-hydrogen) atoms. The fraction of sp³-hybridized carbons (Fsp3) is 0.720. The van der Waals surface area contributed by atoms with Gasteiger partial charge in [0.15, 0.2) is 0 Å². The number of amides is 1. The summed E-state index contributed by atoms with van der Waals surface area (Å²) in [6.07, 6.45) is 8.12. The minimum absolute atomic E-state index is 0.0615. The van der Waals surface area contributed by atoms with Gasteiger partial charge in [-0.3, -0.25) is 9.69 Å². The number of hydrogen-bond donors (Lipinski definition) is 1. The van der Waals surface area contributed by atoms with Crippen LogP contribution in [0.25, 0.3) is 0 Å². The van der Waals surface area contributed by atoms with Gasteiger partial charge in [0.2, 0.25) is 5.91 Å². The van der Waals surface area contributed by atoms with Gasteiger partial charge in [0, 0.05) is 37.0 Å². The van der Waals surface area contributed by atoms with Crippen molar-refractivity contribution < 1.29 is 14.6 Å². The lowest BCUT2D eigenvalue weighted by atomic mass is 9.56. The average molecular weight is 411 g/mol. The lowest BCUT2D eigenvalue weighted by Gasteiger charge is -2.59. The van der Waals surface area contributed by atoms with Gasteiger partial charge in [0.1, 0.15) is 5.75 Å². The number of fused-ring (bicyclic) bond motifs is 1. The van der Waals surface area contributed by atoms with Crippen LogP contribution in [0.2, 0.25) is 0 Å². The van der Waals surface area contributed by atoms with E-state index in [0.717, 1.165) is 70.0 Å². The van der Waals surface area contributed by atoms with E-state index in [4.69, 9.17) is 4.74 Å². The Morgan fingerprint density at radius 2 is 2.00 bits per heavy atom. The summed E-state index contributed by atoms with van der Waals surface area (Å²) in [5.74, 6) is 1.89. The van der Waals surface area contributed by atoms with Crippen molar-refractivity contribution in [3.8, 4) is 5.75 Å². The maximum Gasteiger partial charge on any atom is 0.225 e. The summed E-state index contributed by atoms with van der Waals surface area (Å²) >= 11 is 0. The Kier molecular flexibility index (Phi) is 4.27. The van der Waals surface area contributed by atoms with Gasteiger partial charge >= 0.3 is 0 Å². The molecule has 0 radical (unpaired) electrons. The zero-order chi connectivity index (χ0) is 20.5. The predicted octanol–water partition coefficient (Wildman–Crippen LogP) is 2.74. The average Bonchev–Trinajstić information content (AvgIpc) is 3.26. The molecule has 0 aromatic heterocycles. The van der Waals surface area contributed by atoms with E-state index < -0.39 is 5.60 Å². The second kappa shape index (κ2) is 6.70. The first-order chi connectivity index (χ1) is 14.5. The second-order valence-electron chi connectivity index (χ2n) is 10.6. The van der Waals surface area contributed by atoms with E-state index in [2.05, 4.69) is 28.0 Å². The molecule has 5 aliphatic rings. The number of hydrogen-bond acceptors (Lipinski definition) is 4. The number of likely N-dealkylation sites (tertiary alicyclic amines) is 2. The first-order valence-electron chi connectivity index (χ1n) is 12.0. The van der Waals surface area contributed by atoms with Crippen LogP contribution < -0.4 is 4.74 Å². The van der Waals surface area contributed by atoms with Crippen LogP contribution in [0.5, 0.6) is 5.75 Å². The number of aliphatic hydroxyl groups is 1. The second-order valence-corrected chi connectivity index (χ2v) is 10.6. The number of piperidine rings is 1. The Hall–Kier alpha value is -1.59. The Morgan fingerprint density at radius 1 is 1.20 bits per heavy atom. The molecule has 4 fully saturated rings. The number of ether oxygens (including phenoxy) is 1. The third-order valence-corrected chi connectivity index (χ3v) is 9.00. The van der Waals surface area contributed by atoms with Crippen molar-refractivity contribution in [1.82, 2.24) is 9.80 Å². The summed E-state index contributed by atoms with van der Waals surface area (Å²) in [4.78, 5) is 18.0. The molecule has 162 valence electrons. The molecular weight excluding hydrogens is 376 g/mol. The summed E-state index contributed by atoms with van der Waals surface area (Å²) in [5.41, 5.74) is 1.46. The molecule has 0 spiro atoms. The molecule has 2 saturated heterocycles. The molecule has 2 heterocycles. The third kappa shape index (κ3) is 2.64. The largest absolute Gasteiger partial charge is 0.497 e. The fourth-order valence-corrected chi connectivity index (χ4v) is 7.32. The predicted molar refractivity (Wildman–Crippen MR) is 115 cm³/mol. The molecule has 2 bridgehead atoms. The van der Waals surface area contributed by atoms with Crippen molar-refractivity contribution in [3.63, 3.8) is 0 Å². The summed E-state index contributed by atoms with van der Waals surface area (Å²) in [5, 5.41) is 12.4. The highest BCUT2D eigenvalue weighted by Gasteiger charge is 2.68. The molecule has 1 N–H and O–H groups in total. The number of methoxy groups -OCH3 is 1. The van der Waals surface area contributed by atoms with Gasteiger partial charge in [-0.1, -0.05) is 6.07 Å². The summed E-state index contributed by atoms with van der Waals surface area (Å²) in [6, 6.07) is 6.56. The van der Waals surface area contributed by atoms with Crippen LogP contribution in [0.15, 0.2) is 18.2 Å². The lowest BCUT2D eigenvalue weighted by Crippen LogP contribution is -2.69. The normalized spacial score (nSPS) is 37.7. The summed E-state index contributed by atoms with van der Waals surface area (Å²) < 4.78 is 5.57. The van der Waals surface area contributed by atoms with Gasteiger partial charge in [-0.2, -0.15) is 0 Å². The van der Waals surface area contributed by atoms with Crippen molar-refractivity contribution in [2.75, 3.05) is 33.3 Å². The van der Waals surface area contributed by atoms with Crippen molar-refractivity contribution in [2.24, 2.45) is 11.8 Å². The highest BCUT2D eigenvalue weighted by Crippen LogP contribution is 2.62. The van der Waals surface area contributed by atoms with Gasteiger partial charge in [0.05, 0.1) is 12.7 Å². The summed E-state index contributed by atoms with van der Waals surface area (Å²) in [7, 11) is 1.71. The minimum atomic E-state index is -0.820. The monoisotopic (exact) mass is 410 g/mol. The fourth-order valence-electron chi connectivity index (χ4n) is 7.32. The van der Waals surface area contributed by atoms with Crippen LogP contribution >= 0.6 is 0 Å². The molecule has 2 saturated carbocycles. The smallest absolute Gasteiger partial charge is 0.225 e. The molecule has 3 aliphatic carbocycles. The molecule has 5 heteroatoms. The van der Waals surface area contributed by atoms with Crippen LogP contribution in [0.4, 0.5) is 0 Å². The van der Waals surface area contributed by atoms with Crippen LogP contribution in [0.1, 0.15) is 56.1 Å². The molecule has 5 nitrogen and oxygen atoms in total. The van der Waals surface area contributed by atoms with Crippen LogP contribution in [-0.4, -0.2) is 65.7 Å². The van der Waals surface area contributed by atoms with E-state index in [1.807, 2.05) is 0 Å². The quantitative estimate of drug-likeness (QED) is 0.829. The van der Waals surface area contributed by atoms with Crippen molar-refractivity contribution in [1.29, 1.82) is 0 Å². The van der Waals surface area contributed by atoms with Crippen molar-refractivity contribution in [3.05, 3.63) is 29.3 Å². The summed E-state index contributed by atoms with van der Waals surface area (Å²) in [6.45, 7) is 3.93. The number of carbonyl (C=O) groups is 1. The number of rotatable bonds is 4. The number of carbonyl (C=O) groups excluding carboxylic acids is 1. The van der Waals surface area contributed by atoms with E-state index in [0.29, 0.717) is 6.42 Å². The zero-order valence-corrected chi connectivity index (χ0v) is 18.1. The van der Waals surface area contributed by atoms with Gasteiger partial charge in [0.25, 0.3) is 0 Å². The van der Waals surface area contributed by atoms with Crippen molar-refractivity contribution in [2.45, 2.75) is 68.4 Å². The first kappa shape index (κ1) is 19.1. The van der Waals surface area contributed by atoms with Gasteiger partial charge < -0.3 is 14.7 Å². The van der Waals surface area contributed by atoms with E-state index in [-0.39, 0.29) is 23.3 Å². The van der Waals surface area contributed by atoms with Gasteiger partial charge in [-0.15, -0.1) is 0 Å². The maximum absolute atomic E-state index is 13.4. The highest BCUT2D eigenvalue weighted by molar-refractivity contribution is 5.80. The molecule has 1 amide bonds. The van der Waals surface area contributed by atoms with E-state index in [1.165, 1.54) is 24.0 Å². The lowest BCUT2D eigenvalue weighted by molar-refractivity contribution is -0.138. The first-order valence-corrected chi connectivity index (χ1v) is 12.0. The Bertz CT molecular complexity index is 862. The van der Waals surface area contributed by atoms with Crippen LogP contribution in [0.3, 0.4) is 0 Å². The van der Waals surface area contributed by atoms with Gasteiger partial charge in [-0.25, -0.2) is 0 Å². The Balaban J connectivity index is 1.42. The number of nitrogens with zero attached hydrogens (tertiary/aromatic N) is 2. The number of benzene rings is 1. The van der Waals surface area contributed by atoms with Crippen LogP contribution in [0, 0.1) is 11.8 Å². The third-order valence-electron chi connectivity index (χ3n) is 9.00. The maximum atomic E-state index is 13.4. The zero-order valence-electron chi connectivity index (χ0n) is 18.1. The van der Waals surface area contributed by atoms with Crippen LogP contribution in [-0.2, 0) is 16.6 Å². The molecule has 1 aromatic carbocycles. The standard InChI is InChI=1S/C25H34N2O3/c1-30-20-7-6-18-12-22-25(29)15-19(23(28)26-9-2-3-10-26)14-24(25,21(18)13-20)8-11-27(22)16-17-4-5-17/h6-7,13,17,19,22,29H,2-5,8-12,14-16H2,1H3/t19?,22-,24-,25-/m0/s1. The topological polar surface area (TPSA) is 53.0 Å². The van der Waals surface area contributed by atoms with E-state index in [9.17, 15) is 9.90 Å². The minimum Gasteiger partial charge on any atom is -0.497 e. The van der Waals surface area contributed by atoms with E-state index in [1.54, 1.807) is 7.11 Å². The Labute approximate surface area is 179 Å². The Morgan fingerprint density at radius 3 is 2.73 bits per heavy atom. The van der Waals surface area contributed by atoms with Crippen molar-refractivity contribution >= 4 is 5.91 Å². The molecule has 2 aliphatic heterocycles. The SMILES string of the molecule is COc1ccc2c(c1)[C@@]13CCN(CC4CC4)[C@@H](C2)[C@@]1(O)CC(C(=O)N1CCCC1)C3. The highest BCUT2D eigenvalue weighted by atomic mass is 16.5. The molecule has 1 aromatic rings.